The lowest BCUT2D eigenvalue weighted by Gasteiger charge is -2.19. The van der Waals surface area contributed by atoms with Crippen molar-refractivity contribution in [2.45, 2.75) is 45.6 Å². The molecular weight excluding hydrogens is 578 g/mol. The van der Waals surface area contributed by atoms with Crippen molar-refractivity contribution in [2.75, 3.05) is 0 Å². The normalized spacial score (nSPS) is 13.3. The first-order valence-electron chi connectivity index (χ1n) is 11.5. The van der Waals surface area contributed by atoms with Gasteiger partial charge in [0.05, 0.1) is 10.3 Å². The summed E-state index contributed by atoms with van der Waals surface area (Å²) in [7, 11) is 0. The molecule has 0 radical (unpaired) electrons. The summed E-state index contributed by atoms with van der Waals surface area (Å²) < 4.78 is 23.0. The summed E-state index contributed by atoms with van der Waals surface area (Å²) in [6.07, 6.45) is 2.02. The second-order valence-electron chi connectivity index (χ2n) is 9.18. The number of pyridine rings is 1. The Morgan fingerprint density at radius 2 is 1.86 bits per heavy atom. The van der Waals surface area contributed by atoms with Gasteiger partial charge in [0.15, 0.2) is 0 Å². The first kappa shape index (κ1) is 24.4. The molecule has 2 aromatic carbocycles. The number of nitro groups is 1. The molecule has 2 aromatic heterocycles. The van der Waals surface area contributed by atoms with E-state index in [2.05, 4.69) is 0 Å². The highest BCUT2D eigenvalue weighted by atomic mass is 127. The summed E-state index contributed by atoms with van der Waals surface area (Å²) in [4.78, 5) is 37.6. The highest BCUT2D eigenvalue weighted by molar-refractivity contribution is 14.1. The molecule has 0 unspecified atom stereocenters. The summed E-state index contributed by atoms with van der Waals surface area (Å²) in [6, 6.07) is 11.2. The van der Waals surface area contributed by atoms with Gasteiger partial charge in [0.25, 0.3) is 11.2 Å². The molecule has 4 aromatic rings. The standard InChI is InChI=1S/C27H22FIN2O5/c1-14-21(12-17-6-7-18(29)13-23(17)28)24-25(36-27(14)33)22(15(2)30(26(24)32)19-8-9-19)11-16-4-3-5-20(10-16)31(34)35/h3-7,10,13,19H,8-9,11-12H2,1-2H3. The van der Waals surface area contributed by atoms with Crippen LogP contribution in [0, 0.1) is 33.3 Å². The molecule has 1 fully saturated rings. The van der Waals surface area contributed by atoms with E-state index in [1.807, 2.05) is 29.5 Å². The molecule has 1 saturated carbocycles. The van der Waals surface area contributed by atoms with E-state index in [-0.39, 0.29) is 46.7 Å². The van der Waals surface area contributed by atoms with Crippen molar-refractivity contribution in [3.05, 3.63) is 116 Å². The zero-order valence-corrected chi connectivity index (χ0v) is 21.8. The monoisotopic (exact) mass is 600 g/mol. The van der Waals surface area contributed by atoms with Crippen molar-refractivity contribution in [1.82, 2.24) is 4.57 Å². The molecule has 5 rings (SSSR count). The largest absolute Gasteiger partial charge is 0.422 e. The van der Waals surface area contributed by atoms with Crippen molar-refractivity contribution < 1.29 is 13.7 Å². The Bertz CT molecular complexity index is 1670. The molecule has 1 aliphatic carbocycles. The predicted molar refractivity (Wildman–Crippen MR) is 142 cm³/mol. The Morgan fingerprint density at radius 1 is 1.11 bits per heavy atom. The molecule has 0 atom stereocenters. The minimum absolute atomic E-state index is 0.0425. The van der Waals surface area contributed by atoms with E-state index in [9.17, 15) is 24.1 Å². The fraction of sp³-hybridized carbons (Fsp3) is 0.259. The molecule has 7 nitrogen and oxygen atoms in total. The van der Waals surface area contributed by atoms with Crippen LogP contribution in [0.1, 0.15) is 52.4 Å². The van der Waals surface area contributed by atoms with Gasteiger partial charge < -0.3 is 8.98 Å². The first-order valence-corrected chi connectivity index (χ1v) is 12.6. The lowest BCUT2D eigenvalue weighted by molar-refractivity contribution is -0.384. The van der Waals surface area contributed by atoms with Crippen LogP contribution in [-0.4, -0.2) is 9.49 Å². The number of rotatable bonds is 6. The van der Waals surface area contributed by atoms with Gasteiger partial charge in [-0.15, -0.1) is 0 Å². The third kappa shape index (κ3) is 4.36. The van der Waals surface area contributed by atoms with Crippen molar-refractivity contribution >= 4 is 39.2 Å². The van der Waals surface area contributed by atoms with Crippen LogP contribution >= 0.6 is 22.6 Å². The van der Waals surface area contributed by atoms with Crippen molar-refractivity contribution in [3.8, 4) is 0 Å². The Balaban J connectivity index is 1.78. The molecule has 0 aliphatic heterocycles. The fourth-order valence-electron chi connectivity index (χ4n) is 4.73. The molecule has 9 heteroatoms. The first-order chi connectivity index (χ1) is 17.2. The van der Waals surface area contributed by atoms with Crippen LogP contribution in [-0.2, 0) is 12.8 Å². The van der Waals surface area contributed by atoms with Gasteiger partial charge >= 0.3 is 5.63 Å². The maximum absolute atomic E-state index is 14.8. The van der Waals surface area contributed by atoms with Gasteiger partial charge in [-0.05, 0) is 78.1 Å². The van der Waals surface area contributed by atoms with Gasteiger partial charge in [0.2, 0.25) is 0 Å². The summed E-state index contributed by atoms with van der Waals surface area (Å²) in [5.41, 5.74) is 2.30. The molecule has 36 heavy (non-hydrogen) atoms. The van der Waals surface area contributed by atoms with Crippen molar-refractivity contribution in [2.24, 2.45) is 0 Å². The number of hydrogen-bond acceptors (Lipinski definition) is 5. The number of fused-ring (bicyclic) bond motifs is 1. The Kier molecular flexibility index (Phi) is 6.27. The molecule has 0 N–H and O–H groups in total. The predicted octanol–water partition coefficient (Wildman–Crippen LogP) is 5.74. The van der Waals surface area contributed by atoms with Crippen LogP contribution in [0.4, 0.5) is 10.1 Å². The summed E-state index contributed by atoms with van der Waals surface area (Å²) in [5.74, 6) is -0.408. The molecular formula is C27H22FIN2O5. The zero-order chi connectivity index (χ0) is 25.7. The lowest BCUT2D eigenvalue weighted by Crippen LogP contribution is -2.26. The van der Waals surface area contributed by atoms with E-state index in [1.165, 1.54) is 18.2 Å². The highest BCUT2D eigenvalue weighted by Gasteiger charge is 2.31. The third-order valence-electron chi connectivity index (χ3n) is 6.78. The van der Waals surface area contributed by atoms with E-state index >= 15 is 0 Å². The van der Waals surface area contributed by atoms with Crippen molar-refractivity contribution in [3.63, 3.8) is 0 Å². The average molecular weight is 600 g/mol. The molecule has 0 bridgehead atoms. The van der Waals surface area contributed by atoms with E-state index in [1.54, 1.807) is 35.8 Å². The number of halogens is 2. The second-order valence-corrected chi connectivity index (χ2v) is 10.4. The summed E-state index contributed by atoms with van der Waals surface area (Å²) in [5, 5.41) is 11.6. The molecule has 0 spiro atoms. The van der Waals surface area contributed by atoms with Crippen LogP contribution in [0.3, 0.4) is 0 Å². The Labute approximate surface area is 218 Å². The zero-order valence-electron chi connectivity index (χ0n) is 19.6. The van der Waals surface area contributed by atoms with Gasteiger partial charge in [-0.3, -0.25) is 14.9 Å². The molecule has 0 saturated heterocycles. The number of aromatic nitrogens is 1. The van der Waals surface area contributed by atoms with E-state index in [0.29, 0.717) is 27.9 Å². The van der Waals surface area contributed by atoms with Crippen LogP contribution in [0.5, 0.6) is 0 Å². The maximum atomic E-state index is 14.8. The molecule has 1 aliphatic rings. The van der Waals surface area contributed by atoms with Crippen LogP contribution in [0.15, 0.2) is 56.5 Å². The smallest absolute Gasteiger partial charge is 0.339 e. The Morgan fingerprint density at radius 3 is 2.53 bits per heavy atom. The number of hydrogen-bond donors (Lipinski definition) is 0. The third-order valence-corrected chi connectivity index (χ3v) is 7.45. The topological polar surface area (TPSA) is 95.3 Å². The molecule has 2 heterocycles. The summed E-state index contributed by atoms with van der Waals surface area (Å²) in [6.45, 7) is 3.40. The second kappa shape index (κ2) is 9.27. The maximum Gasteiger partial charge on any atom is 0.339 e. The van der Waals surface area contributed by atoms with Gasteiger partial charge in [-0.25, -0.2) is 9.18 Å². The highest BCUT2D eigenvalue weighted by Crippen LogP contribution is 2.37. The fourth-order valence-corrected chi connectivity index (χ4v) is 5.18. The van der Waals surface area contributed by atoms with Gasteiger partial charge in [-0.2, -0.15) is 0 Å². The minimum Gasteiger partial charge on any atom is -0.422 e. The molecule has 184 valence electrons. The van der Waals surface area contributed by atoms with E-state index in [0.717, 1.165) is 16.4 Å². The number of nitrogens with zero attached hydrogens (tertiary/aromatic N) is 2. The number of nitro benzene ring substituents is 1. The van der Waals surface area contributed by atoms with Gasteiger partial charge in [0, 0.05) is 51.4 Å². The SMILES string of the molecule is Cc1c(Cc2ccc(I)cc2F)c2c(=O)n(C3CC3)c(C)c(Cc3cccc([N+](=O)[O-])c3)c2oc1=O. The van der Waals surface area contributed by atoms with Crippen LogP contribution in [0.2, 0.25) is 0 Å². The Hall–Kier alpha value is -3.34. The summed E-state index contributed by atoms with van der Waals surface area (Å²) >= 11 is 2.03. The average Bonchev–Trinajstić information content (AvgIpc) is 3.66. The van der Waals surface area contributed by atoms with Crippen LogP contribution in [0.25, 0.3) is 11.0 Å². The van der Waals surface area contributed by atoms with E-state index < -0.39 is 16.4 Å². The number of non-ortho nitro benzene ring substituents is 1. The minimum atomic E-state index is -0.591. The quantitative estimate of drug-likeness (QED) is 0.160. The van der Waals surface area contributed by atoms with Gasteiger partial charge in [0.1, 0.15) is 11.4 Å². The van der Waals surface area contributed by atoms with Gasteiger partial charge in [-0.1, -0.05) is 18.2 Å². The van der Waals surface area contributed by atoms with E-state index in [4.69, 9.17) is 4.42 Å². The lowest BCUT2D eigenvalue weighted by atomic mass is 9.94. The molecule has 0 amide bonds. The number of benzene rings is 2. The van der Waals surface area contributed by atoms with Crippen molar-refractivity contribution in [1.29, 1.82) is 0 Å². The van der Waals surface area contributed by atoms with Crippen LogP contribution < -0.4 is 11.2 Å².